The lowest BCUT2D eigenvalue weighted by Crippen LogP contribution is -2.22. The molecule has 32 heavy (non-hydrogen) atoms. The Balaban J connectivity index is 1.38. The third-order valence-electron chi connectivity index (χ3n) is 5.90. The lowest BCUT2D eigenvalue weighted by Gasteiger charge is -2.18. The van der Waals surface area contributed by atoms with Crippen LogP contribution in [0.2, 0.25) is 0 Å². The third-order valence-corrected chi connectivity index (χ3v) is 5.90. The van der Waals surface area contributed by atoms with Gasteiger partial charge in [-0.1, -0.05) is 36.4 Å². The molecule has 1 atom stereocenters. The Morgan fingerprint density at radius 1 is 0.906 bits per heavy atom. The van der Waals surface area contributed by atoms with Gasteiger partial charge in [-0.3, -0.25) is 9.59 Å². The summed E-state index contributed by atoms with van der Waals surface area (Å²) >= 11 is 0. The molecular weight excluding hydrogens is 398 g/mol. The maximum atomic E-state index is 13.5. The van der Waals surface area contributed by atoms with E-state index in [4.69, 9.17) is 0 Å². The number of benzene rings is 3. The fourth-order valence-electron chi connectivity index (χ4n) is 4.16. The number of nitrogens with zero attached hydrogens (tertiary/aromatic N) is 1. The van der Waals surface area contributed by atoms with Crippen molar-refractivity contribution in [3.63, 3.8) is 0 Å². The van der Waals surface area contributed by atoms with Crippen molar-refractivity contribution in [1.29, 1.82) is 0 Å². The Morgan fingerprint density at radius 3 is 2.47 bits per heavy atom. The molecule has 2 heterocycles. The topological polar surface area (TPSA) is 63.1 Å². The van der Waals surface area contributed by atoms with E-state index in [1.807, 2.05) is 61.7 Å². The molecule has 1 amide bonds. The van der Waals surface area contributed by atoms with E-state index in [9.17, 15) is 9.59 Å². The molecule has 1 aliphatic rings. The van der Waals surface area contributed by atoms with Gasteiger partial charge in [-0.15, -0.1) is 0 Å². The highest BCUT2D eigenvalue weighted by Crippen LogP contribution is 2.31. The average Bonchev–Trinajstić information content (AvgIpc) is 3.20. The molecule has 1 unspecified atom stereocenters. The molecule has 1 aliphatic heterocycles. The van der Waals surface area contributed by atoms with Crippen LogP contribution < -0.4 is 10.6 Å². The molecule has 0 bridgehead atoms. The van der Waals surface area contributed by atoms with Crippen LogP contribution in [0.1, 0.15) is 43.6 Å². The number of rotatable bonds is 4. The number of amides is 1. The van der Waals surface area contributed by atoms with Crippen molar-refractivity contribution < 1.29 is 9.59 Å². The minimum atomic E-state index is -0.485. The van der Waals surface area contributed by atoms with E-state index in [1.54, 1.807) is 30.3 Å². The second-order valence-electron chi connectivity index (χ2n) is 8.01. The number of para-hydroxylation sites is 1. The molecule has 2 N–H and O–H groups in total. The van der Waals surface area contributed by atoms with Crippen LogP contribution in [0.3, 0.4) is 0 Å². The summed E-state index contributed by atoms with van der Waals surface area (Å²) in [5.74, 6) is -0.180. The molecule has 0 fully saturated rings. The predicted octanol–water partition coefficient (Wildman–Crippen LogP) is 5.45. The molecule has 0 spiro atoms. The Morgan fingerprint density at radius 2 is 1.66 bits per heavy atom. The van der Waals surface area contributed by atoms with Crippen LogP contribution in [0.15, 0.2) is 91.1 Å². The highest BCUT2D eigenvalue weighted by molar-refractivity contribution is 6.06. The number of aromatic nitrogens is 1. The molecular formula is C27H23N3O2. The molecule has 0 radical (unpaired) electrons. The number of anilines is 2. The molecule has 4 aromatic rings. The summed E-state index contributed by atoms with van der Waals surface area (Å²) in [6.07, 6.45) is 2.00. The molecule has 5 nitrogen and oxygen atoms in total. The summed E-state index contributed by atoms with van der Waals surface area (Å²) in [5.41, 5.74) is 5.84. The van der Waals surface area contributed by atoms with Gasteiger partial charge in [-0.05, 0) is 66.6 Å². The summed E-state index contributed by atoms with van der Waals surface area (Å²) < 4.78 is 2.11. The lowest BCUT2D eigenvalue weighted by molar-refractivity contribution is 0.0966. The van der Waals surface area contributed by atoms with Crippen molar-refractivity contribution in [3.8, 4) is 0 Å². The van der Waals surface area contributed by atoms with E-state index in [0.717, 1.165) is 29.1 Å². The fourth-order valence-corrected chi connectivity index (χ4v) is 4.16. The molecule has 5 heteroatoms. The predicted molar refractivity (Wildman–Crippen MR) is 126 cm³/mol. The zero-order chi connectivity index (χ0) is 22.1. The Hall–Kier alpha value is -4.12. The highest BCUT2D eigenvalue weighted by atomic mass is 16.1. The SMILES string of the molecule is Cc1ccccc1C(=O)Nc1ccc(C(=O)C2Nc3ccccc3Cn3cccc32)cc1. The van der Waals surface area contributed by atoms with Gasteiger partial charge in [0.1, 0.15) is 6.04 Å². The zero-order valence-corrected chi connectivity index (χ0v) is 17.7. The standard InChI is InChI=1S/C27H23N3O2/c1-18-7-2-4-9-22(18)27(32)28-21-14-12-19(13-15-21)26(31)25-24-11-6-16-30(24)17-20-8-3-5-10-23(20)29-25/h2-16,25,29H,17H2,1H3,(H,28,32). The number of ketones is 1. The van der Waals surface area contributed by atoms with Crippen molar-refractivity contribution in [1.82, 2.24) is 4.57 Å². The summed E-state index contributed by atoms with van der Waals surface area (Å²) in [4.78, 5) is 26.0. The molecule has 5 rings (SSSR count). The van der Waals surface area contributed by atoms with Gasteiger partial charge in [0.2, 0.25) is 0 Å². The lowest BCUT2D eigenvalue weighted by atomic mass is 10.0. The van der Waals surface area contributed by atoms with E-state index in [-0.39, 0.29) is 11.7 Å². The minimum absolute atomic E-state index is 0.0153. The fraction of sp³-hybridized carbons (Fsp3) is 0.111. The highest BCUT2D eigenvalue weighted by Gasteiger charge is 2.28. The third kappa shape index (κ3) is 3.69. The minimum Gasteiger partial charge on any atom is -0.370 e. The molecule has 0 saturated heterocycles. The van der Waals surface area contributed by atoms with Gasteiger partial charge in [0.15, 0.2) is 5.78 Å². The van der Waals surface area contributed by atoms with E-state index >= 15 is 0 Å². The molecule has 1 aromatic heterocycles. The van der Waals surface area contributed by atoms with Gasteiger partial charge < -0.3 is 15.2 Å². The number of carbonyl (C=O) groups excluding carboxylic acids is 2. The van der Waals surface area contributed by atoms with Crippen LogP contribution in [-0.4, -0.2) is 16.3 Å². The number of hydrogen-bond donors (Lipinski definition) is 2. The summed E-state index contributed by atoms with van der Waals surface area (Å²) in [5, 5.41) is 6.34. The van der Waals surface area contributed by atoms with Gasteiger partial charge >= 0.3 is 0 Å². The first-order valence-corrected chi connectivity index (χ1v) is 10.6. The maximum Gasteiger partial charge on any atom is 0.255 e. The van der Waals surface area contributed by atoms with Crippen molar-refractivity contribution in [3.05, 3.63) is 119 Å². The Labute approximate surface area is 186 Å². The number of fused-ring (bicyclic) bond motifs is 2. The number of aryl methyl sites for hydroxylation is 1. The first-order chi connectivity index (χ1) is 15.6. The quantitative estimate of drug-likeness (QED) is 0.431. The number of hydrogen-bond acceptors (Lipinski definition) is 3. The molecule has 0 saturated carbocycles. The largest absolute Gasteiger partial charge is 0.370 e. The number of carbonyl (C=O) groups is 2. The van der Waals surface area contributed by atoms with Crippen LogP contribution in [0, 0.1) is 6.92 Å². The Kier molecular flexibility index (Phi) is 5.07. The summed E-state index contributed by atoms with van der Waals surface area (Å²) in [6.45, 7) is 2.63. The molecule has 3 aromatic carbocycles. The first kappa shape index (κ1) is 19.8. The van der Waals surface area contributed by atoms with Gasteiger partial charge in [0.25, 0.3) is 5.91 Å². The van der Waals surface area contributed by atoms with Crippen molar-refractivity contribution >= 4 is 23.1 Å². The van der Waals surface area contributed by atoms with Crippen LogP contribution in [0.4, 0.5) is 11.4 Å². The van der Waals surface area contributed by atoms with Crippen LogP contribution in [0.5, 0.6) is 0 Å². The van der Waals surface area contributed by atoms with E-state index < -0.39 is 6.04 Å². The number of Topliss-reactive ketones (excluding diaryl/α,β-unsaturated/α-hetero) is 1. The summed E-state index contributed by atoms with van der Waals surface area (Å²) in [6, 6.07) is 26.1. The monoisotopic (exact) mass is 421 g/mol. The average molecular weight is 422 g/mol. The van der Waals surface area contributed by atoms with E-state index in [0.29, 0.717) is 16.8 Å². The number of nitrogens with one attached hydrogen (secondary N) is 2. The second kappa shape index (κ2) is 8.19. The van der Waals surface area contributed by atoms with Crippen molar-refractivity contribution in [2.45, 2.75) is 19.5 Å². The molecule has 158 valence electrons. The molecule has 0 aliphatic carbocycles. The van der Waals surface area contributed by atoms with Crippen LogP contribution in [0.25, 0.3) is 0 Å². The van der Waals surface area contributed by atoms with Gasteiger partial charge in [0, 0.05) is 40.9 Å². The van der Waals surface area contributed by atoms with Crippen molar-refractivity contribution in [2.75, 3.05) is 10.6 Å². The van der Waals surface area contributed by atoms with Crippen molar-refractivity contribution in [2.24, 2.45) is 0 Å². The van der Waals surface area contributed by atoms with Crippen LogP contribution in [-0.2, 0) is 6.54 Å². The maximum absolute atomic E-state index is 13.5. The van der Waals surface area contributed by atoms with E-state index in [1.165, 1.54) is 0 Å². The summed E-state index contributed by atoms with van der Waals surface area (Å²) in [7, 11) is 0. The normalized spacial score (nSPS) is 14.5. The van der Waals surface area contributed by atoms with Gasteiger partial charge in [-0.25, -0.2) is 0 Å². The smallest absolute Gasteiger partial charge is 0.255 e. The first-order valence-electron chi connectivity index (χ1n) is 10.6. The zero-order valence-electron chi connectivity index (χ0n) is 17.7. The van der Waals surface area contributed by atoms with Crippen LogP contribution >= 0.6 is 0 Å². The second-order valence-corrected chi connectivity index (χ2v) is 8.01. The van der Waals surface area contributed by atoms with E-state index in [2.05, 4.69) is 21.3 Å². The van der Waals surface area contributed by atoms with Gasteiger partial charge in [0.05, 0.1) is 0 Å². The Bertz CT molecular complexity index is 1300. The van der Waals surface area contributed by atoms with Gasteiger partial charge in [-0.2, -0.15) is 0 Å².